The third kappa shape index (κ3) is 4.19. The van der Waals surface area contributed by atoms with Gasteiger partial charge in [0.15, 0.2) is 0 Å². The lowest BCUT2D eigenvalue weighted by Crippen LogP contribution is -2.50. The van der Waals surface area contributed by atoms with Crippen LogP contribution in [0.3, 0.4) is 0 Å². The molecule has 1 spiro atoms. The van der Waals surface area contributed by atoms with Crippen molar-refractivity contribution in [2.24, 2.45) is 5.41 Å². The molecule has 3 heterocycles. The number of nitrogens with zero attached hydrogens (tertiary/aromatic N) is 3. The van der Waals surface area contributed by atoms with Crippen LogP contribution < -0.4 is 0 Å². The van der Waals surface area contributed by atoms with Crippen LogP contribution in [0.5, 0.6) is 0 Å². The Morgan fingerprint density at radius 3 is 2.83 bits per heavy atom. The maximum atomic E-state index is 9.54. The Morgan fingerprint density at radius 1 is 1.30 bits per heavy atom. The Kier molecular flexibility index (Phi) is 6.04. The van der Waals surface area contributed by atoms with E-state index in [4.69, 9.17) is 4.74 Å². The fraction of sp³-hybridized carbons (Fsp3) is 0.625. The van der Waals surface area contributed by atoms with E-state index < -0.39 is 5.41 Å². The molecule has 1 fully saturated rings. The fourth-order valence-electron chi connectivity index (χ4n) is 4.98. The van der Waals surface area contributed by atoms with Gasteiger partial charge in [0, 0.05) is 36.3 Å². The van der Waals surface area contributed by atoms with Gasteiger partial charge in [-0.25, -0.2) is 0 Å². The molecule has 0 bridgehead atoms. The van der Waals surface area contributed by atoms with Crippen molar-refractivity contribution in [2.75, 3.05) is 26.4 Å². The van der Waals surface area contributed by atoms with Gasteiger partial charge in [0.1, 0.15) is 0 Å². The number of benzene rings is 1. The molecule has 0 amide bonds. The number of aliphatic hydroxyl groups excluding tert-OH is 2. The molecule has 6 heteroatoms. The van der Waals surface area contributed by atoms with E-state index in [2.05, 4.69) is 42.0 Å². The average Bonchev–Trinajstić information content (AvgIpc) is 3.17. The quantitative estimate of drug-likeness (QED) is 0.762. The van der Waals surface area contributed by atoms with Crippen LogP contribution in [0.1, 0.15) is 48.9 Å². The smallest absolute Gasteiger partial charge is 0.0961 e. The average molecular weight is 414 g/mol. The van der Waals surface area contributed by atoms with Gasteiger partial charge >= 0.3 is 0 Å². The van der Waals surface area contributed by atoms with E-state index in [0.717, 1.165) is 44.5 Å². The molecule has 30 heavy (non-hydrogen) atoms. The Morgan fingerprint density at radius 2 is 2.10 bits per heavy atom. The molecule has 2 aromatic rings. The lowest BCUT2D eigenvalue weighted by molar-refractivity contribution is -0.113. The van der Waals surface area contributed by atoms with Crippen molar-refractivity contribution >= 4 is 0 Å². The highest BCUT2D eigenvalue weighted by Gasteiger charge is 2.43. The minimum Gasteiger partial charge on any atom is -0.396 e. The van der Waals surface area contributed by atoms with Crippen molar-refractivity contribution < 1.29 is 14.9 Å². The van der Waals surface area contributed by atoms with E-state index in [9.17, 15) is 10.2 Å². The second-order valence-corrected chi connectivity index (χ2v) is 9.70. The van der Waals surface area contributed by atoms with Gasteiger partial charge in [0.05, 0.1) is 38.2 Å². The molecule has 0 aliphatic carbocycles. The summed E-state index contributed by atoms with van der Waals surface area (Å²) in [4.78, 5) is 2.51. The minimum absolute atomic E-state index is 0.0646. The molecule has 1 aromatic carbocycles. The number of aromatic nitrogens is 2. The largest absolute Gasteiger partial charge is 0.396 e. The highest BCUT2D eigenvalue weighted by Crippen LogP contribution is 2.44. The minimum atomic E-state index is -0.558. The Hall–Kier alpha value is -1.73. The van der Waals surface area contributed by atoms with Crippen molar-refractivity contribution in [3.8, 4) is 0 Å². The lowest BCUT2D eigenvalue weighted by atomic mass is 9.76. The van der Waals surface area contributed by atoms with Gasteiger partial charge in [-0.15, -0.1) is 0 Å². The molecular formula is C24H35N3O3. The molecule has 2 N–H and O–H groups in total. The van der Waals surface area contributed by atoms with Crippen LogP contribution in [0.4, 0.5) is 0 Å². The summed E-state index contributed by atoms with van der Waals surface area (Å²) < 4.78 is 8.28. The van der Waals surface area contributed by atoms with Crippen molar-refractivity contribution in [1.82, 2.24) is 14.7 Å². The number of fused-ring (bicyclic) bond motifs is 2. The van der Waals surface area contributed by atoms with Crippen LogP contribution in [-0.4, -0.2) is 57.3 Å². The molecule has 1 saturated heterocycles. The highest BCUT2D eigenvalue weighted by molar-refractivity contribution is 5.38. The first-order chi connectivity index (χ1) is 14.4. The first-order valence-electron chi connectivity index (χ1n) is 11.1. The molecule has 2 aliphatic heterocycles. The van der Waals surface area contributed by atoms with Gasteiger partial charge in [-0.2, -0.15) is 5.10 Å². The molecular weight excluding hydrogens is 378 g/mol. The monoisotopic (exact) mass is 413 g/mol. The number of aryl methyl sites for hydroxylation is 1. The van der Waals surface area contributed by atoms with Crippen molar-refractivity contribution in [2.45, 2.75) is 64.8 Å². The predicted octanol–water partition coefficient (Wildman–Crippen LogP) is 2.63. The summed E-state index contributed by atoms with van der Waals surface area (Å²) in [6.45, 7) is 9.36. The van der Waals surface area contributed by atoms with Crippen molar-refractivity contribution in [3.05, 3.63) is 52.8 Å². The lowest BCUT2D eigenvalue weighted by Gasteiger charge is -2.48. The normalized spacial score (nSPS) is 24.9. The molecule has 0 saturated carbocycles. The number of piperidine rings is 1. The molecule has 0 radical (unpaired) electrons. The molecule has 4 rings (SSSR count). The summed E-state index contributed by atoms with van der Waals surface area (Å²) in [6, 6.07) is 7.24. The third-order valence-electron chi connectivity index (χ3n) is 6.94. The second kappa shape index (κ2) is 8.42. The number of aliphatic hydroxyl groups is 2. The zero-order valence-corrected chi connectivity index (χ0v) is 18.5. The number of rotatable bonds is 6. The van der Waals surface area contributed by atoms with Gasteiger partial charge in [0.2, 0.25) is 0 Å². The molecule has 1 aromatic heterocycles. The Bertz CT molecular complexity index is 876. The third-order valence-corrected chi connectivity index (χ3v) is 6.94. The van der Waals surface area contributed by atoms with Crippen molar-refractivity contribution in [1.29, 1.82) is 0 Å². The first-order valence-corrected chi connectivity index (χ1v) is 11.1. The zero-order valence-electron chi connectivity index (χ0n) is 18.5. The molecule has 6 nitrogen and oxygen atoms in total. The summed E-state index contributed by atoms with van der Waals surface area (Å²) in [5.41, 5.74) is 4.61. The zero-order chi connectivity index (χ0) is 21.4. The van der Waals surface area contributed by atoms with Gasteiger partial charge < -0.3 is 14.9 Å². The van der Waals surface area contributed by atoms with Crippen LogP contribution in [0.15, 0.2) is 30.6 Å². The number of likely N-dealkylation sites (tertiary alicyclic amines) is 1. The van der Waals surface area contributed by atoms with Gasteiger partial charge in [0.25, 0.3) is 0 Å². The number of hydrogen-bond donors (Lipinski definition) is 2. The second-order valence-electron chi connectivity index (χ2n) is 9.70. The standard InChI is InChI=1S/C24H35N3O3/c1-18-4-5-21-6-9-30-24(22(21)10-18)7-8-26(19(2)11-24)13-20-12-25-27(14-20)15-23(3,16-28)17-29/h4-5,10,12,14,19,28-29H,6-9,11,13,15-17H2,1-3H3/t19-,24+/m0/s1. The molecule has 0 unspecified atom stereocenters. The van der Waals surface area contributed by atoms with Gasteiger partial charge in [-0.3, -0.25) is 9.58 Å². The fourth-order valence-corrected chi connectivity index (χ4v) is 4.98. The van der Waals surface area contributed by atoms with E-state index in [-0.39, 0.29) is 18.8 Å². The van der Waals surface area contributed by atoms with Gasteiger partial charge in [-0.05, 0) is 44.2 Å². The van der Waals surface area contributed by atoms with E-state index in [1.165, 1.54) is 16.7 Å². The molecule has 2 atom stereocenters. The van der Waals surface area contributed by atoms with E-state index in [0.29, 0.717) is 12.6 Å². The number of hydrogen-bond acceptors (Lipinski definition) is 5. The first kappa shape index (κ1) is 21.5. The Labute approximate surface area is 179 Å². The number of ether oxygens (including phenoxy) is 1. The molecule has 164 valence electrons. The van der Waals surface area contributed by atoms with E-state index in [1.54, 1.807) is 0 Å². The highest BCUT2D eigenvalue weighted by atomic mass is 16.5. The van der Waals surface area contributed by atoms with Crippen LogP contribution in [0.2, 0.25) is 0 Å². The van der Waals surface area contributed by atoms with Gasteiger partial charge in [-0.1, -0.05) is 30.7 Å². The van der Waals surface area contributed by atoms with E-state index >= 15 is 0 Å². The van der Waals surface area contributed by atoms with Crippen LogP contribution >= 0.6 is 0 Å². The summed E-state index contributed by atoms with van der Waals surface area (Å²) >= 11 is 0. The van der Waals surface area contributed by atoms with E-state index in [1.807, 2.05) is 24.0 Å². The molecule has 2 aliphatic rings. The maximum absolute atomic E-state index is 9.54. The summed E-state index contributed by atoms with van der Waals surface area (Å²) in [5.74, 6) is 0. The van der Waals surface area contributed by atoms with Crippen LogP contribution in [-0.2, 0) is 29.8 Å². The SMILES string of the molecule is Cc1ccc2c(c1)[C@]1(CCN(Cc3cnn(CC(C)(CO)CO)c3)[C@@H](C)C1)OCC2. The summed E-state index contributed by atoms with van der Waals surface area (Å²) in [7, 11) is 0. The summed E-state index contributed by atoms with van der Waals surface area (Å²) in [6.07, 6.45) is 6.97. The Balaban J connectivity index is 1.44. The van der Waals surface area contributed by atoms with Crippen LogP contribution in [0, 0.1) is 12.3 Å². The van der Waals surface area contributed by atoms with Crippen molar-refractivity contribution in [3.63, 3.8) is 0 Å². The summed E-state index contributed by atoms with van der Waals surface area (Å²) in [5, 5.41) is 23.5. The predicted molar refractivity (Wildman–Crippen MR) is 116 cm³/mol. The maximum Gasteiger partial charge on any atom is 0.0961 e. The van der Waals surface area contributed by atoms with Crippen LogP contribution in [0.25, 0.3) is 0 Å². The topological polar surface area (TPSA) is 70.8 Å².